The number of hydrogen-bond acceptors (Lipinski definition) is 2. The van der Waals surface area contributed by atoms with Crippen molar-refractivity contribution in [1.29, 1.82) is 0 Å². The largest absolute Gasteiger partial charge is 0.272 e. The van der Waals surface area contributed by atoms with Crippen LogP contribution >= 0.6 is 0 Å². The molecular weight excluding hydrogens is 231 g/mol. The van der Waals surface area contributed by atoms with E-state index in [0.717, 1.165) is 18.6 Å². The number of hydrogen-bond donors (Lipinski definition) is 0. The van der Waals surface area contributed by atoms with Crippen molar-refractivity contribution in [1.82, 2.24) is 0 Å². The van der Waals surface area contributed by atoms with Gasteiger partial charge in [0, 0.05) is 0 Å². The van der Waals surface area contributed by atoms with Gasteiger partial charge < -0.3 is 0 Å². The number of anilines is 1. The minimum absolute atomic E-state index is 0.0106. The fourth-order valence-electron chi connectivity index (χ4n) is 2.72. The van der Waals surface area contributed by atoms with Gasteiger partial charge in [-0.3, -0.25) is 4.79 Å². The number of hydrazone groups is 1. The summed E-state index contributed by atoms with van der Waals surface area (Å²) in [7, 11) is 0. The maximum atomic E-state index is 12.9. The number of amides is 1. The molecule has 1 amide bonds. The van der Waals surface area contributed by atoms with Crippen LogP contribution in [0.15, 0.2) is 29.4 Å². The average Bonchev–Trinajstić information content (AvgIpc) is 2.99. The summed E-state index contributed by atoms with van der Waals surface area (Å²) in [5.74, 6) is 0.160. The molecule has 1 aliphatic heterocycles. The van der Waals surface area contributed by atoms with E-state index < -0.39 is 0 Å². The molecule has 0 spiro atoms. The van der Waals surface area contributed by atoms with Gasteiger partial charge in [-0.05, 0) is 43.0 Å². The van der Waals surface area contributed by atoms with E-state index in [1.54, 1.807) is 12.1 Å². The molecule has 1 aliphatic carbocycles. The number of halogens is 1. The van der Waals surface area contributed by atoms with Crippen molar-refractivity contribution in [2.24, 2.45) is 11.0 Å². The van der Waals surface area contributed by atoms with Crippen LogP contribution in [0.5, 0.6) is 0 Å². The van der Waals surface area contributed by atoms with Crippen molar-refractivity contribution in [2.45, 2.75) is 32.1 Å². The van der Waals surface area contributed by atoms with Gasteiger partial charge in [0.1, 0.15) is 5.82 Å². The van der Waals surface area contributed by atoms with Crippen molar-refractivity contribution < 1.29 is 9.18 Å². The van der Waals surface area contributed by atoms with E-state index in [4.69, 9.17) is 0 Å². The van der Waals surface area contributed by atoms with Crippen molar-refractivity contribution >= 4 is 17.3 Å². The molecule has 0 atom stereocenters. The van der Waals surface area contributed by atoms with Crippen LogP contribution in [-0.4, -0.2) is 11.6 Å². The Balaban J connectivity index is 1.83. The highest BCUT2D eigenvalue weighted by Gasteiger charge is 2.31. The monoisotopic (exact) mass is 246 g/mol. The third-order valence-electron chi connectivity index (χ3n) is 3.69. The first-order valence-electron chi connectivity index (χ1n) is 6.40. The number of carbonyl (C=O) groups is 1. The molecule has 1 heterocycles. The highest BCUT2D eigenvalue weighted by Crippen LogP contribution is 2.31. The lowest BCUT2D eigenvalue weighted by Gasteiger charge is -2.11. The zero-order valence-corrected chi connectivity index (χ0v) is 10.1. The van der Waals surface area contributed by atoms with E-state index in [1.807, 2.05) is 0 Å². The van der Waals surface area contributed by atoms with Crippen LogP contribution in [0.25, 0.3) is 0 Å². The number of nitrogens with zero attached hydrogens (tertiary/aromatic N) is 2. The smallest absolute Gasteiger partial charge is 0.253 e. The SMILES string of the molecule is O=C1CC(C2CCCC2)=NN1c1ccc(F)cc1. The number of rotatable bonds is 2. The molecule has 0 aromatic heterocycles. The minimum Gasteiger partial charge on any atom is -0.272 e. The lowest BCUT2D eigenvalue weighted by Crippen LogP contribution is -2.19. The molecule has 4 heteroatoms. The first kappa shape index (κ1) is 11.4. The molecule has 3 nitrogen and oxygen atoms in total. The minimum atomic E-state index is -0.301. The van der Waals surface area contributed by atoms with Crippen LogP contribution in [0, 0.1) is 11.7 Å². The third kappa shape index (κ3) is 2.03. The Morgan fingerprint density at radius 3 is 2.50 bits per heavy atom. The fourth-order valence-corrected chi connectivity index (χ4v) is 2.72. The van der Waals surface area contributed by atoms with Gasteiger partial charge in [0.2, 0.25) is 0 Å². The second kappa shape index (κ2) is 4.52. The normalized spacial score (nSPS) is 20.6. The van der Waals surface area contributed by atoms with Crippen LogP contribution in [0.3, 0.4) is 0 Å². The number of carbonyl (C=O) groups excluding carboxylic acids is 1. The summed E-state index contributed by atoms with van der Waals surface area (Å²) >= 11 is 0. The first-order chi connectivity index (χ1) is 8.74. The van der Waals surface area contributed by atoms with Gasteiger partial charge in [-0.2, -0.15) is 5.10 Å². The van der Waals surface area contributed by atoms with E-state index in [2.05, 4.69) is 5.10 Å². The molecule has 18 heavy (non-hydrogen) atoms. The van der Waals surface area contributed by atoms with Crippen LogP contribution in [0.1, 0.15) is 32.1 Å². The van der Waals surface area contributed by atoms with E-state index in [9.17, 15) is 9.18 Å². The maximum absolute atomic E-state index is 12.9. The molecule has 1 fully saturated rings. The highest BCUT2D eigenvalue weighted by atomic mass is 19.1. The van der Waals surface area contributed by atoms with Gasteiger partial charge in [-0.25, -0.2) is 9.40 Å². The quantitative estimate of drug-likeness (QED) is 0.789. The Morgan fingerprint density at radius 2 is 1.83 bits per heavy atom. The van der Waals surface area contributed by atoms with Gasteiger partial charge in [-0.15, -0.1) is 0 Å². The molecule has 1 aromatic rings. The Hall–Kier alpha value is -1.71. The second-order valence-electron chi connectivity index (χ2n) is 4.93. The van der Waals surface area contributed by atoms with Gasteiger partial charge in [0.05, 0.1) is 17.8 Å². The Labute approximate surface area is 105 Å². The molecule has 2 aliphatic rings. The molecule has 0 saturated heterocycles. The van der Waals surface area contributed by atoms with Gasteiger partial charge in [0.15, 0.2) is 0 Å². The summed E-state index contributed by atoms with van der Waals surface area (Å²) in [5, 5.41) is 5.84. The Kier molecular flexibility index (Phi) is 2.86. The zero-order chi connectivity index (χ0) is 12.5. The van der Waals surface area contributed by atoms with Gasteiger partial charge >= 0.3 is 0 Å². The molecule has 94 valence electrons. The molecule has 0 bridgehead atoms. The van der Waals surface area contributed by atoms with Gasteiger partial charge in [0.25, 0.3) is 5.91 Å². The molecule has 0 unspecified atom stereocenters. The van der Waals surface area contributed by atoms with E-state index >= 15 is 0 Å². The van der Waals surface area contributed by atoms with Crippen LogP contribution in [-0.2, 0) is 4.79 Å². The zero-order valence-electron chi connectivity index (χ0n) is 10.1. The summed E-state index contributed by atoms with van der Waals surface area (Å²) < 4.78 is 12.9. The fraction of sp³-hybridized carbons (Fsp3) is 0.429. The summed E-state index contributed by atoms with van der Waals surface area (Å²) in [5.41, 5.74) is 1.65. The van der Waals surface area contributed by atoms with Crippen molar-refractivity contribution in [3.05, 3.63) is 30.1 Å². The van der Waals surface area contributed by atoms with Gasteiger partial charge in [-0.1, -0.05) is 12.8 Å². The Morgan fingerprint density at radius 1 is 1.17 bits per heavy atom. The van der Waals surface area contributed by atoms with Crippen LogP contribution in [0.2, 0.25) is 0 Å². The van der Waals surface area contributed by atoms with Crippen molar-refractivity contribution in [3.8, 4) is 0 Å². The highest BCUT2D eigenvalue weighted by molar-refractivity contribution is 6.13. The first-order valence-corrected chi connectivity index (χ1v) is 6.40. The lowest BCUT2D eigenvalue weighted by atomic mass is 10.00. The lowest BCUT2D eigenvalue weighted by molar-refractivity contribution is -0.116. The van der Waals surface area contributed by atoms with Crippen LogP contribution < -0.4 is 5.01 Å². The summed E-state index contributed by atoms with van der Waals surface area (Å²) in [4.78, 5) is 11.9. The second-order valence-corrected chi connectivity index (χ2v) is 4.93. The van der Waals surface area contributed by atoms with Crippen molar-refractivity contribution in [3.63, 3.8) is 0 Å². The van der Waals surface area contributed by atoms with Crippen LogP contribution in [0.4, 0.5) is 10.1 Å². The predicted molar refractivity (Wildman–Crippen MR) is 67.9 cm³/mol. The number of benzene rings is 1. The average molecular weight is 246 g/mol. The van der Waals surface area contributed by atoms with E-state index in [0.29, 0.717) is 18.0 Å². The standard InChI is InChI=1S/C14H15FN2O/c15-11-5-7-12(8-6-11)17-14(18)9-13(16-17)10-3-1-2-4-10/h5-8,10H,1-4,9H2. The topological polar surface area (TPSA) is 32.7 Å². The van der Waals surface area contributed by atoms with E-state index in [-0.39, 0.29) is 11.7 Å². The third-order valence-corrected chi connectivity index (χ3v) is 3.69. The molecule has 0 N–H and O–H groups in total. The maximum Gasteiger partial charge on any atom is 0.253 e. The summed E-state index contributed by atoms with van der Waals surface area (Å²) in [6.07, 6.45) is 5.16. The molecule has 1 saturated carbocycles. The summed E-state index contributed by atoms with van der Waals surface area (Å²) in [6.45, 7) is 0. The van der Waals surface area contributed by atoms with E-state index in [1.165, 1.54) is 30.0 Å². The molecule has 0 radical (unpaired) electrons. The molecular formula is C14H15FN2O. The summed E-state index contributed by atoms with van der Waals surface area (Å²) in [6, 6.07) is 5.89. The Bertz CT molecular complexity index is 489. The predicted octanol–water partition coefficient (Wildman–Crippen LogP) is 3.11. The molecule has 3 rings (SSSR count). The van der Waals surface area contributed by atoms with Crippen molar-refractivity contribution in [2.75, 3.05) is 5.01 Å². The molecule has 1 aromatic carbocycles.